The number of nitrogens with one attached hydrogen (secondary N) is 1. The summed E-state index contributed by atoms with van der Waals surface area (Å²) in [7, 11) is 0. The fraction of sp³-hybridized carbons (Fsp3) is 0.562. The Morgan fingerprint density at radius 1 is 1.40 bits per heavy atom. The number of thioether (sulfide) groups is 1. The third kappa shape index (κ3) is 4.25. The standard InChI is InChI=1S/C16H24N2OS/c1-13(20-2)10-11-18-12-17-15(16(18)19)9-8-14-6-4-3-5-7-14/h3-7,13,15,17H,8-12H2,1-2H3. The summed E-state index contributed by atoms with van der Waals surface area (Å²) in [5, 5.41) is 3.95. The molecular formula is C16H24N2OS. The van der Waals surface area contributed by atoms with Gasteiger partial charge in [0.05, 0.1) is 12.7 Å². The highest BCUT2D eigenvalue weighted by molar-refractivity contribution is 7.99. The third-order valence-electron chi connectivity index (χ3n) is 3.91. The van der Waals surface area contributed by atoms with Crippen molar-refractivity contribution in [3.05, 3.63) is 35.9 Å². The number of hydrogen-bond donors (Lipinski definition) is 1. The van der Waals surface area contributed by atoms with Gasteiger partial charge < -0.3 is 4.90 Å². The lowest BCUT2D eigenvalue weighted by atomic mass is 10.1. The monoisotopic (exact) mass is 292 g/mol. The Balaban J connectivity index is 1.76. The Hall–Kier alpha value is -1.00. The summed E-state index contributed by atoms with van der Waals surface area (Å²) in [6.45, 7) is 3.79. The third-order valence-corrected chi connectivity index (χ3v) is 4.95. The van der Waals surface area contributed by atoms with E-state index in [0.717, 1.165) is 25.8 Å². The molecule has 0 aromatic heterocycles. The van der Waals surface area contributed by atoms with Crippen molar-refractivity contribution in [1.82, 2.24) is 10.2 Å². The van der Waals surface area contributed by atoms with Crippen molar-refractivity contribution >= 4 is 17.7 Å². The zero-order chi connectivity index (χ0) is 14.4. The molecule has 0 aliphatic carbocycles. The van der Waals surface area contributed by atoms with Gasteiger partial charge in [0.1, 0.15) is 0 Å². The highest BCUT2D eigenvalue weighted by atomic mass is 32.2. The molecule has 1 heterocycles. The van der Waals surface area contributed by atoms with E-state index in [1.54, 1.807) is 0 Å². The maximum Gasteiger partial charge on any atom is 0.240 e. The molecule has 1 N–H and O–H groups in total. The molecule has 3 nitrogen and oxygen atoms in total. The van der Waals surface area contributed by atoms with E-state index in [1.807, 2.05) is 22.7 Å². The summed E-state index contributed by atoms with van der Waals surface area (Å²) in [5.74, 6) is 0.272. The summed E-state index contributed by atoms with van der Waals surface area (Å²) in [5.41, 5.74) is 1.30. The molecule has 0 saturated carbocycles. The second-order valence-electron chi connectivity index (χ2n) is 5.38. The van der Waals surface area contributed by atoms with Crippen LogP contribution in [0.15, 0.2) is 30.3 Å². The zero-order valence-electron chi connectivity index (χ0n) is 12.3. The minimum Gasteiger partial charge on any atom is -0.329 e. The van der Waals surface area contributed by atoms with Crippen molar-refractivity contribution in [3.8, 4) is 0 Å². The lowest BCUT2D eigenvalue weighted by Crippen LogP contribution is -2.32. The van der Waals surface area contributed by atoms with E-state index in [2.05, 4.69) is 42.8 Å². The first-order chi connectivity index (χ1) is 9.70. The van der Waals surface area contributed by atoms with E-state index in [1.165, 1.54) is 5.56 Å². The van der Waals surface area contributed by atoms with Crippen molar-refractivity contribution in [2.75, 3.05) is 19.5 Å². The first-order valence-electron chi connectivity index (χ1n) is 7.29. The molecule has 1 aliphatic rings. The second-order valence-corrected chi connectivity index (χ2v) is 6.65. The van der Waals surface area contributed by atoms with Crippen molar-refractivity contribution < 1.29 is 4.79 Å². The van der Waals surface area contributed by atoms with Gasteiger partial charge in [-0.2, -0.15) is 11.8 Å². The summed E-state index contributed by atoms with van der Waals surface area (Å²) < 4.78 is 0. The molecule has 0 radical (unpaired) electrons. The molecule has 0 bridgehead atoms. The molecule has 1 aromatic carbocycles. The van der Waals surface area contributed by atoms with E-state index in [4.69, 9.17) is 0 Å². The zero-order valence-corrected chi connectivity index (χ0v) is 13.2. The molecule has 20 heavy (non-hydrogen) atoms. The van der Waals surface area contributed by atoms with Crippen molar-refractivity contribution in [2.45, 2.75) is 37.5 Å². The lowest BCUT2D eigenvalue weighted by molar-refractivity contribution is -0.129. The van der Waals surface area contributed by atoms with Crippen LogP contribution in [0.3, 0.4) is 0 Å². The molecule has 1 aromatic rings. The second kappa shape index (κ2) is 7.70. The van der Waals surface area contributed by atoms with Crippen LogP contribution in [-0.4, -0.2) is 41.6 Å². The fourth-order valence-electron chi connectivity index (χ4n) is 2.43. The van der Waals surface area contributed by atoms with Crippen LogP contribution in [0.5, 0.6) is 0 Å². The topological polar surface area (TPSA) is 32.3 Å². The van der Waals surface area contributed by atoms with Gasteiger partial charge in [-0.1, -0.05) is 37.3 Å². The SMILES string of the molecule is CSC(C)CCN1CNC(CCc2ccccc2)C1=O. The van der Waals surface area contributed by atoms with Crippen LogP contribution >= 0.6 is 11.8 Å². The first-order valence-corrected chi connectivity index (χ1v) is 8.58. The van der Waals surface area contributed by atoms with Crippen LogP contribution in [0.2, 0.25) is 0 Å². The molecule has 2 unspecified atom stereocenters. The normalized spacial score (nSPS) is 20.4. The molecule has 0 spiro atoms. The number of nitrogens with zero attached hydrogens (tertiary/aromatic N) is 1. The number of amides is 1. The molecule has 1 amide bonds. The van der Waals surface area contributed by atoms with Crippen LogP contribution in [0.25, 0.3) is 0 Å². The smallest absolute Gasteiger partial charge is 0.240 e. The maximum absolute atomic E-state index is 12.3. The van der Waals surface area contributed by atoms with Crippen LogP contribution in [0.1, 0.15) is 25.3 Å². The fourth-order valence-corrected chi connectivity index (χ4v) is 2.77. The molecule has 110 valence electrons. The van der Waals surface area contributed by atoms with Crippen LogP contribution in [-0.2, 0) is 11.2 Å². The van der Waals surface area contributed by atoms with Crippen LogP contribution in [0.4, 0.5) is 0 Å². The van der Waals surface area contributed by atoms with Gasteiger partial charge in [0.15, 0.2) is 0 Å². The average Bonchev–Trinajstić information content (AvgIpc) is 2.84. The molecule has 2 atom stereocenters. The Labute approximate surface area is 126 Å². The van der Waals surface area contributed by atoms with Gasteiger partial charge in [0.2, 0.25) is 5.91 Å². The Bertz CT molecular complexity index is 424. The maximum atomic E-state index is 12.3. The first kappa shape index (κ1) is 15.4. The molecule has 4 heteroatoms. The van der Waals surface area contributed by atoms with Gasteiger partial charge in [0, 0.05) is 11.8 Å². The Morgan fingerprint density at radius 2 is 2.15 bits per heavy atom. The van der Waals surface area contributed by atoms with Crippen molar-refractivity contribution in [3.63, 3.8) is 0 Å². The molecule has 1 aliphatic heterocycles. The van der Waals surface area contributed by atoms with Crippen LogP contribution in [0, 0.1) is 0 Å². The number of hydrogen-bond acceptors (Lipinski definition) is 3. The Morgan fingerprint density at radius 3 is 2.85 bits per heavy atom. The summed E-state index contributed by atoms with van der Waals surface area (Å²) in [4.78, 5) is 14.2. The van der Waals surface area contributed by atoms with Gasteiger partial charge >= 0.3 is 0 Å². The lowest BCUT2D eigenvalue weighted by Gasteiger charge is -2.17. The summed E-state index contributed by atoms with van der Waals surface area (Å²) in [6.07, 6.45) is 5.04. The minimum atomic E-state index is -0.000193. The number of carbonyl (C=O) groups excluding carboxylic acids is 1. The molecule has 2 rings (SSSR count). The van der Waals surface area contributed by atoms with E-state index in [9.17, 15) is 4.79 Å². The van der Waals surface area contributed by atoms with E-state index >= 15 is 0 Å². The van der Waals surface area contributed by atoms with Gasteiger partial charge in [-0.15, -0.1) is 0 Å². The number of rotatable bonds is 7. The highest BCUT2D eigenvalue weighted by Gasteiger charge is 2.30. The number of benzene rings is 1. The Kier molecular flexibility index (Phi) is 5.92. The molecule has 1 fully saturated rings. The summed E-state index contributed by atoms with van der Waals surface area (Å²) >= 11 is 1.86. The predicted molar refractivity (Wildman–Crippen MR) is 85.9 cm³/mol. The predicted octanol–water partition coefficient (Wildman–Crippen LogP) is 2.52. The number of aryl methyl sites for hydroxylation is 1. The van der Waals surface area contributed by atoms with Crippen LogP contribution < -0.4 is 5.32 Å². The van der Waals surface area contributed by atoms with Gasteiger partial charge in [-0.05, 0) is 31.1 Å². The van der Waals surface area contributed by atoms with E-state index < -0.39 is 0 Å². The van der Waals surface area contributed by atoms with Gasteiger partial charge in [-0.3, -0.25) is 10.1 Å². The van der Waals surface area contributed by atoms with Gasteiger partial charge in [-0.25, -0.2) is 0 Å². The van der Waals surface area contributed by atoms with Gasteiger partial charge in [0.25, 0.3) is 0 Å². The molecular weight excluding hydrogens is 268 g/mol. The average molecular weight is 292 g/mol. The molecule has 1 saturated heterocycles. The van der Waals surface area contributed by atoms with E-state index in [0.29, 0.717) is 11.9 Å². The van der Waals surface area contributed by atoms with Crippen molar-refractivity contribution in [1.29, 1.82) is 0 Å². The quantitative estimate of drug-likeness (QED) is 0.838. The summed E-state index contributed by atoms with van der Waals surface area (Å²) in [6, 6.07) is 10.4. The van der Waals surface area contributed by atoms with Crippen molar-refractivity contribution in [2.24, 2.45) is 0 Å². The largest absolute Gasteiger partial charge is 0.329 e. The highest BCUT2D eigenvalue weighted by Crippen LogP contribution is 2.15. The number of carbonyl (C=O) groups is 1. The minimum absolute atomic E-state index is 0.000193. The van der Waals surface area contributed by atoms with E-state index in [-0.39, 0.29) is 11.9 Å².